The number of rotatable bonds is 4. The van der Waals surface area contributed by atoms with Crippen LogP contribution in [0.2, 0.25) is 5.02 Å². The van der Waals surface area contributed by atoms with E-state index in [0.717, 1.165) is 24.3 Å². The summed E-state index contributed by atoms with van der Waals surface area (Å²) in [4.78, 5) is 6.17. The lowest BCUT2D eigenvalue weighted by atomic mass is 10.2. The number of hydrogen-bond donors (Lipinski definition) is 1. The molecule has 0 bridgehead atoms. The van der Waals surface area contributed by atoms with Crippen LogP contribution in [-0.2, 0) is 6.54 Å². The van der Waals surface area contributed by atoms with Crippen LogP contribution in [-0.4, -0.2) is 40.3 Å². The van der Waals surface area contributed by atoms with Gasteiger partial charge in [0.25, 0.3) is 0 Å². The molecule has 0 fully saturated rings. The van der Waals surface area contributed by atoms with Crippen LogP contribution in [0.3, 0.4) is 0 Å². The zero-order chi connectivity index (χ0) is 13.1. The summed E-state index contributed by atoms with van der Waals surface area (Å²) in [6, 6.07) is 3.74. The number of nitrogens with two attached hydrogens (primary N) is 1. The predicted molar refractivity (Wildman–Crippen MR) is 73.4 cm³/mol. The van der Waals surface area contributed by atoms with Gasteiger partial charge < -0.3 is 10.6 Å². The second kappa shape index (κ2) is 5.37. The van der Waals surface area contributed by atoms with Gasteiger partial charge in [0, 0.05) is 18.3 Å². The summed E-state index contributed by atoms with van der Waals surface area (Å²) in [7, 11) is 4.03. The van der Waals surface area contributed by atoms with Crippen molar-refractivity contribution in [3.8, 4) is 11.3 Å². The molecule has 18 heavy (non-hydrogen) atoms. The lowest BCUT2D eigenvalue weighted by Gasteiger charge is -2.13. The van der Waals surface area contributed by atoms with E-state index in [4.69, 9.17) is 17.3 Å². The van der Waals surface area contributed by atoms with Crippen molar-refractivity contribution in [2.45, 2.75) is 6.54 Å². The topological polar surface area (TPSA) is 60.0 Å². The first-order valence-electron chi connectivity index (χ1n) is 5.66. The summed E-state index contributed by atoms with van der Waals surface area (Å²) in [6.45, 7) is 1.63. The Morgan fingerprint density at radius 2 is 2.22 bits per heavy atom. The minimum absolute atomic E-state index is 0.464. The van der Waals surface area contributed by atoms with Crippen molar-refractivity contribution in [3.05, 3.63) is 29.5 Å². The van der Waals surface area contributed by atoms with Gasteiger partial charge in [-0.05, 0) is 26.2 Å². The van der Waals surface area contributed by atoms with E-state index in [1.165, 1.54) is 0 Å². The molecule has 5 nitrogen and oxygen atoms in total. The Labute approximate surface area is 111 Å². The first-order valence-corrected chi connectivity index (χ1v) is 6.04. The molecule has 0 unspecified atom stereocenters. The van der Waals surface area contributed by atoms with E-state index in [-0.39, 0.29) is 0 Å². The van der Waals surface area contributed by atoms with Gasteiger partial charge in [0.15, 0.2) is 0 Å². The summed E-state index contributed by atoms with van der Waals surface area (Å²) in [6.07, 6.45) is 3.30. The van der Waals surface area contributed by atoms with Crippen molar-refractivity contribution in [2.75, 3.05) is 26.4 Å². The highest BCUT2D eigenvalue weighted by molar-refractivity contribution is 6.33. The molecular formula is C12H16ClN5. The van der Waals surface area contributed by atoms with Gasteiger partial charge in [-0.2, -0.15) is 5.10 Å². The molecule has 0 aliphatic heterocycles. The first kappa shape index (κ1) is 12.9. The van der Waals surface area contributed by atoms with Crippen LogP contribution in [0.1, 0.15) is 0 Å². The van der Waals surface area contributed by atoms with Crippen LogP contribution >= 0.6 is 11.6 Å². The van der Waals surface area contributed by atoms with Crippen molar-refractivity contribution >= 4 is 17.4 Å². The Balaban J connectivity index is 2.38. The van der Waals surface area contributed by atoms with E-state index in [2.05, 4.69) is 15.0 Å². The summed E-state index contributed by atoms with van der Waals surface area (Å²) in [5.41, 5.74) is 7.53. The van der Waals surface area contributed by atoms with Gasteiger partial charge in [0.2, 0.25) is 0 Å². The third kappa shape index (κ3) is 2.63. The van der Waals surface area contributed by atoms with Crippen molar-refractivity contribution in [2.24, 2.45) is 0 Å². The van der Waals surface area contributed by atoms with Gasteiger partial charge in [-0.15, -0.1) is 0 Å². The van der Waals surface area contributed by atoms with E-state index in [0.29, 0.717) is 10.8 Å². The van der Waals surface area contributed by atoms with E-state index in [1.807, 2.05) is 30.9 Å². The highest BCUT2D eigenvalue weighted by Crippen LogP contribution is 2.30. The molecule has 0 spiro atoms. The predicted octanol–water partition coefficient (Wildman–Crippen LogP) is 1.74. The fourth-order valence-corrected chi connectivity index (χ4v) is 1.96. The van der Waals surface area contributed by atoms with Crippen LogP contribution in [0.15, 0.2) is 24.5 Å². The van der Waals surface area contributed by atoms with Crippen LogP contribution in [0.4, 0.5) is 5.82 Å². The second-order valence-electron chi connectivity index (χ2n) is 4.30. The minimum Gasteiger partial charge on any atom is -0.383 e. The molecule has 6 heteroatoms. The quantitative estimate of drug-likeness (QED) is 0.915. The van der Waals surface area contributed by atoms with Gasteiger partial charge in [-0.3, -0.25) is 4.68 Å². The third-order valence-electron chi connectivity index (χ3n) is 2.65. The van der Waals surface area contributed by atoms with E-state index in [1.54, 1.807) is 12.4 Å². The average Bonchev–Trinajstić information content (AvgIpc) is 2.69. The summed E-state index contributed by atoms with van der Waals surface area (Å²) < 4.78 is 1.86. The van der Waals surface area contributed by atoms with Gasteiger partial charge in [-0.1, -0.05) is 11.6 Å². The Bertz CT molecular complexity index is 535. The van der Waals surface area contributed by atoms with E-state index in [9.17, 15) is 0 Å². The summed E-state index contributed by atoms with van der Waals surface area (Å²) in [5.74, 6) is 0.464. The number of nitrogen functional groups attached to an aromatic ring is 1. The molecule has 0 aromatic carbocycles. The monoisotopic (exact) mass is 265 g/mol. The maximum absolute atomic E-state index is 6.19. The normalized spacial score (nSPS) is 11.1. The summed E-state index contributed by atoms with van der Waals surface area (Å²) in [5, 5.41) is 4.87. The molecule has 0 saturated heterocycles. The minimum atomic E-state index is 0.464. The molecule has 0 atom stereocenters. The molecule has 2 aromatic rings. The lowest BCUT2D eigenvalue weighted by Crippen LogP contribution is -2.19. The third-order valence-corrected chi connectivity index (χ3v) is 2.92. The van der Waals surface area contributed by atoms with Crippen LogP contribution in [0, 0.1) is 0 Å². The number of nitrogens with zero attached hydrogens (tertiary/aromatic N) is 4. The molecule has 2 aromatic heterocycles. The molecule has 0 aliphatic carbocycles. The van der Waals surface area contributed by atoms with Gasteiger partial charge >= 0.3 is 0 Å². The SMILES string of the molecule is CN(C)CCn1ncc(Cl)c1-c1cccnc1N. The molecular weight excluding hydrogens is 250 g/mol. The van der Waals surface area contributed by atoms with Crippen LogP contribution in [0.25, 0.3) is 11.3 Å². The smallest absolute Gasteiger partial charge is 0.132 e. The molecule has 2 rings (SSSR count). The zero-order valence-electron chi connectivity index (χ0n) is 10.5. The molecule has 2 heterocycles. The fraction of sp³-hybridized carbons (Fsp3) is 0.333. The number of anilines is 1. The van der Waals surface area contributed by atoms with E-state index < -0.39 is 0 Å². The number of aromatic nitrogens is 3. The number of hydrogen-bond acceptors (Lipinski definition) is 4. The van der Waals surface area contributed by atoms with Crippen LogP contribution in [0.5, 0.6) is 0 Å². The molecule has 96 valence electrons. The van der Waals surface area contributed by atoms with Crippen molar-refractivity contribution in [1.29, 1.82) is 0 Å². The Hall–Kier alpha value is -1.59. The number of halogens is 1. The molecule has 2 N–H and O–H groups in total. The Morgan fingerprint density at radius 1 is 1.44 bits per heavy atom. The highest BCUT2D eigenvalue weighted by Gasteiger charge is 2.14. The van der Waals surface area contributed by atoms with Gasteiger partial charge in [0.1, 0.15) is 5.82 Å². The van der Waals surface area contributed by atoms with Crippen LogP contribution < -0.4 is 5.73 Å². The molecule has 0 radical (unpaired) electrons. The van der Waals surface area contributed by atoms with E-state index >= 15 is 0 Å². The van der Waals surface area contributed by atoms with Gasteiger partial charge in [0.05, 0.1) is 23.5 Å². The second-order valence-corrected chi connectivity index (χ2v) is 4.71. The molecule has 0 aliphatic rings. The van der Waals surface area contributed by atoms with Gasteiger partial charge in [-0.25, -0.2) is 4.98 Å². The lowest BCUT2D eigenvalue weighted by molar-refractivity contribution is 0.374. The van der Waals surface area contributed by atoms with Crippen molar-refractivity contribution in [3.63, 3.8) is 0 Å². The largest absolute Gasteiger partial charge is 0.383 e. The van der Waals surface area contributed by atoms with Crippen molar-refractivity contribution < 1.29 is 0 Å². The number of likely N-dealkylation sites (N-methyl/N-ethyl adjacent to an activating group) is 1. The highest BCUT2D eigenvalue weighted by atomic mass is 35.5. The standard InChI is InChI=1S/C12H16ClN5/c1-17(2)6-7-18-11(10(13)8-16-18)9-4-3-5-15-12(9)14/h3-5,8H,6-7H2,1-2H3,(H2,14,15). The summed E-state index contributed by atoms with van der Waals surface area (Å²) >= 11 is 6.19. The zero-order valence-corrected chi connectivity index (χ0v) is 11.2. The number of pyridine rings is 1. The Kier molecular flexibility index (Phi) is 3.84. The maximum Gasteiger partial charge on any atom is 0.132 e. The fourth-order valence-electron chi connectivity index (χ4n) is 1.71. The van der Waals surface area contributed by atoms with Crippen molar-refractivity contribution in [1.82, 2.24) is 19.7 Å². The molecule has 0 amide bonds. The maximum atomic E-state index is 6.19. The first-order chi connectivity index (χ1) is 8.59. The average molecular weight is 266 g/mol. The molecule has 0 saturated carbocycles. The Morgan fingerprint density at radius 3 is 2.89 bits per heavy atom.